The first-order valence-electron chi connectivity index (χ1n) is 12.7. The first kappa shape index (κ1) is 24.7. The van der Waals surface area contributed by atoms with Gasteiger partial charge in [-0.3, -0.25) is 4.90 Å². The fraction of sp³-hybridized carbons (Fsp3) is 0.760. The highest BCUT2D eigenvalue weighted by molar-refractivity contribution is 5.61. The minimum atomic E-state index is -1.19. The Morgan fingerprint density at radius 1 is 0.939 bits per heavy atom. The van der Waals surface area contributed by atoms with Crippen LogP contribution in [0, 0.1) is 0 Å². The molecule has 4 rings (SSSR count). The average molecular weight is 464 g/mol. The minimum absolute atomic E-state index is 0.221. The Labute approximate surface area is 197 Å². The van der Waals surface area contributed by atoms with Crippen molar-refractivity contribution in [3.8, 4) is 0 Å². The minimum Gasteiger partial charge on any atom is -0.395 e. The predicted octanol–water partition coefficient (Wildman–Crippen LogP) is 1.13. The van der Waals surface area contributed by atoms with Crippen molar-refractivity contribution in [2.45, 2.75) is 68.8 Å². The van der Waals surface area contributed by atoms with Gasteiger partial charge in [-0.05, 0) is 61.9 Å². The van der Waals surface area contributed by atoms with Crippen LogP contribution < -0.4 is 10.2 Å². The second-order valence-corrected chi connectivity index (χ2v) is 9.82. The van der Waals surface area contributed by atoms with Gasteiger partial charge in [0, 0.05) is 37.6 Å². The van der Waals surface area contributed by atoms with Crippen LogP contribution in [0.4, 0.5) is 11.4 Å². The van der Waals surface area contributed by atoms with Crippen molar-refractivity contribution in [3.63, 3.8) is 0 Å². The maximum absolute atomic E-state index is 10.1. The number of piperidine rings is 1. The molecule has 2 heterocycles. The molecule has 0 spiro atoms. The van der Waals surface area contributed by atoms with Crippen molar-refractivity contribution in [1.82, 2.24) is 4.90 Å². The van der Waals surface area contributed by atoms with Gasteiger partial charge in [0.05, 0.1) is 32.0 Å². The SMILES string of the molecule is OC[C@@H]1[C@@H](O)[C@H](O)[C@@H](O)CN1CCCCCCNc1cc(C2CC2)cc(N2CCOCC2)c1. The summed E-state index contributed by atoms with van der Waals surface area (Å²) in [6.07, 6.45) is 3.48. The first-order chi connectivity index (χ1) is 16.1. The molecule has 8 nitrogen and oxygen atoms in total. The van der Waals surface area contributed by atoms with Crippen molar-refractivity contribution < 1.29 is 25.2 Å². The quantitative estimate of drug-likeness (QED) is 0.311. The number of β-amino-alcohol motifs (C(OH)–C–C–N with tert-alkyl or cyclic N) is 1. The molecule has 0 radical (unpaired) electrons. The highest BCUT2D eigenvalue weighted by Crippen LogP contribution is 2.42. The molecular weight excluding hydrogens is 422 g/mol. The lowest BCUT2D eigenvalue weighted by atomic mass is 9.94. The Morgan fingerprint density at radius 2 is 1.70 bits per heavy atom. The monoisotopic (exact) mass is 463 g/mol. The molecule has 8 heteroatoms. The molecule has 1 aliphatic carbocycles. The topological polar surface area (TPSA) is 109 Å². The lowest BCUT2D eigenvalue weighted by molar-refractivity contribution is -0.145. The zero-order chi connectivity index (χ0) is 23.2. The van der Waals surface area contributed by atoms with E-state index in [9.17, 15) is 20.4 Å². The number of morpholine rings is 1. The van der Waals surface area contributed by atoms with E-state index in [-0.39, 0.29) is 13.2 Å². The molecule has 4 atom stereocenters. The van der Waals surface area contributed by atoms with E-state index in [0.717, 1.165) is 64.4 Å². The van der Waals surface area contributed by atoms with E-state index in [1.165, 1.54) is 29.8 Å². The summed E-state index contributed by atoms with van der Waals surface area (Å²) in [6.45, 7) is 5.20. The van der Waals surface area contributed by atoms with E-state index in [2.05, 4.69) is 28.4 Å². The smallest absolute Gasteiger partial charge is 0.109 e. The second-order valence-electron chi connectivity index (χ2n) is 9.82. The van der Waals surface area contributed by atoms with E-state index < -0.39 is 24.4 Å². The van der Waals surface area contributed by atoms with Gasteiger partial charge in [0.1, 0.15) is 12.2 Å². The van der Waals surface area contributed by atoms with Gasteiger partial charge in [0.15, 0.2) is 0 Å². The molecule has 0 aromatic heterocycles. The number of rotatable bonds is 11. The molecule has 2 saturated heterocycles. The van der Waals surface area contributed by atoms with Crippen LogP contribution in [-0.4, -0.2) is 102 Å². The molecule has 3 aliphatic rings. The molecule has 0 unspecified atom stereocenters. The molecule has 1 saturated carbocycles. The van der Waals surface area contributed by atoms with Gasteiger partial charge in [0.25, 0.3) is 0 Å². The number of nitrogens with zero attached hydrogens (tertiary/aromatic N) is 2. The summed E-state index contributed by atoms with van der Waals surface area (Å²) < 4.78 is 5.51. The summed E-state index contributed by atoms with van der Waals surface area (Å²) >= 11 is 0. The second kappa shape index (κ2) is 11.8. The standard InChI is InChI=1S/C25H41N3O5/c29-17-22-24(31)25(32)23(30)16-28(22)8-4-2-1-3-7-26-20-13-19(18-5-6-18)14-21(15-20)27-9-11-33-12-10-27/h13-15,18,22-26,29-32H,1-12,16-17H2/t22-,23+,24-,25-/m1/s1. The number of likely N-dealkylation sites (tertiary alicyclic amines) is 1. The van der Waals surface area contributed by atoms with Crippen LogP contribution in [0.25, 0.3) is 0 Å². The number of ether oxygens (including phenoxy) is 1. The lowest BCUT2D eigenvalue weighted by Crippen LogP contribution is -2.62. The van der Waals surface area contributed by atoms with Crippen LogP contribution in [0.2, 0.25) is 0 Å². The van der Waals surface area contributed by atoms with Gasteiger partial charge in [-0.2, -0.15) is 0 Å². The van der Waals surface area contributed by atoms with Gasteiger partial charge in [0.2, 0.25) is 0 Å². The zero-order valence-electron chi connectivity index (χ0n) is 19.6. The number of benzene rings is 1. The summed E-state index contributed by atoms with van der Waals surface area (Å²) in [5, 5.41) is 43.0. The van der Waals surface area contributed by atoms with Crippen molar-refractivity contribution in [3.05, 3.63) is 23.8 Å². The molecule has 2 aliphatic heterocycles. The van der Waals surface area contributed by atoms with E-state index in [0.29, 0.717) is 6.54 Å². The van der Waals surface area contributed by atoms with E-state index >= 15 is 0 Å². The van der Waals surface area contributed by atoms with Crippen LogP contribution in [0.3, 0.4) is 0 Å². The molecule has 5 N–H and O–H groups in total. The number of hydrogen-bond acceptors (Lipinski definition) is 8. The van der Waals surface area contributed by atoms with Gasteiger partial charge in [-0.25, -0.2) is 0 Å². The Balaban J connectivity index is 1.18. The predicted molar refractivity (Wildman–Crippen MR) is 129 cm³/mol. The number of aliphatic hydroxyl groups excluding tert-OH is 4. The van der Waals surface area contributed by atoms with Crippen LogP contribution in [-0.2, 0) is 4.74 Å². The number of hydrogen-bond donors (Lipinski definition) is 5. The Kier molecular flexibility index (Phi) is 8.85. The third-order valence-corrected chi connectivity index (χ3v) is 7.28. The van der Waals surface area contributed by atoms with Crippen LogP contribution in [0.5, 0.6) is 0 Å². The van der Waals surface area contributed by atoms with Gasteiger partial charge in [-0.15, -0.1) is 0 Å². The van der Waals surface area contributed by atoms with Crippen molar-refractivity contribution in [1.29, 1.82) is 0 Å². The molecule has 0 bridgehead atoms. The molecule has 186 valence electrons. The van der Waals surface area contributed by atoms with Crippen LogP contribution >= 0.6 is 0 Å². The fourth-order valence-corrected chi connectivity index (χ4v) is 5.05. The summed E-state index contributed by atoms with van der Waals surface area (Å²) in [6, 6.07) is 6.44. The molecule has 1 aromatic rings. The van der Waals surface area contributed by atoms with Crippen molar-refractivity contribution in [2.75, 3.05) is 62.8 Å². The number of nitrogens with one attached hydrogen (secondary N) is 1. The number of aliphatic hydroxyl groups is 4. The molecular formula is C25H41N3O5. The largest absolute Gasteiger partial charge is 0.395 e. The third kappa shape index (κ3) is 6.59. The molecule has 33 heavy (non-hydrogen) atoms. The van der Waals surface area contributed by atoms with E-state index in [1.807, 2.05) is 4.90 Å². The molecule has 3 fully saturated rings. The summed E-state index contributed by atoms with van der Waals surface area (Å²) in [5.74, 6) is 0.724. The van der Waals surface area contributed by atoms with Crippen LogP contribution in [0.1, 0.15) is 50.0 Å². The number of unbranched alkanes of at least 4 members (excludes halogenated alkanes) is 3. The van der Waals surface area contributed by atoms with E-state index in [4.69, 9.17) is 4.74 Å². The maximum atomic E-state index is 10.1. The highest BCUT2D eigenvalue weighted by Gasteiger charge is 2.40. The summed E-state index contributed by atoms with van der Waals surface area (Å²) in [5.41, 5.74) is 3.97. The maximum Gasteiger partial charge on any atom is 0.109 e. The average Bonchev–Trinajstić information content (AvgIpc) is 3.68. The zero-order valence-corrected chi connectivity index (χ0v) is 19.6. The van der Waals surface area contributed by atoms with E-state index in [1.54, 1.807) is 0 Å². The molecule has 0 amide bonds. The highest BCUT2D eigenvalue weighted by atomic mass is 16.5. The fourth-order valence-electron chi connectivity index (χ4n) is 5.05. The van der Waals surface area contributed by atoms with Gasteiger partial charge in [-0.1, -0.05) is 12.8 Å². The summed E-state index contributed by atoms with van der Waals surface area (Å²) in [4.78, 5) is 4.32. The Morgan fingerprint density at radius 3 is 2.42 bits per heavy atom. The normalized spacial score (nSPS) is 28.8. The van der Waals surface area contributed by atoms with Gasteiger partial charge < -0.3 is 35.4 Å². The van der Waals surface area contributed by atoms with Crippen LogP contribution in [0.15, 0.2) is 18.2 Å². The Hall–Kier alpha value is -1.42. The number of anilines is 2. The van der Waals surface area contributed by atoms with Gasteiger partial charge >= 0.3 is 0 Å². The molecule has 1 aromatic carbocycles. The lowest BCUT2D eigenvalue weighted by Gasteiger charge is -2.43. The van der Waals surface area contributed by atoms with Crippen molar-refractivity contribution in [2.24, 2.45) is 0 Å². The summed E-state index contributed by atoms with van der Waals surface area (Å²) in [7, 11) is 0. The third-order valence-electron chi connectivity index (χ3n) is 7.28. The first-order valence-corrected chi connectivity index (χ1v) is 12.7. The van der Waals surface area contributed by atoms with Crippen molar-refractivity contribution >= 4 is 11.4 Å². The Bertz CT molecular complexity index is 741.